The van der Waals surface area contributed by atoms with Crippen LogP contribution in [0.25, 0.3) is 0 Å². The van der Waals surface area contributed by atoms with Crippen LogP contribution in [0.1, 0.15) is 47.0 Å². The highest BCUT2D eigenvalue weighted by Gasteiger charge is 2.50. The van der Waals surface area contributed by atoms with Gasteiger partial charge in [-0.3, -0.25) is 9.59 Å². The fourth-order valence-electron chi connectivity index (χ4n) is 3.20. The van der Waals surface area contributed by atoms with E-state index < -0.39 is 5.41 Å². The van der Waals surface area contributed by atoms with Crippen molar-refractivity contribution in [3.8, 4) is 0 Å². The first-order chi connectivity index (χ1) is 9.77. The normalized spacial score (nSPS) is 26.3. The van der Waals surface area contributed by atoms with Crippen LogP contribution in [0, 0.1) is 11.3 Å². The van der Waals surface area contributed by atoms with Crippen LogP contribution in [0.2, 0.25) is 0 Å². The van der Waals surface area contributed by atoms with E-state index in [0.717, 1.165) is 17.6 Å². The molecule has 21 heavy (non-hydrogen) atoms. The number of hydrogen-bond acceptors (Lipinski definition) is 2. The van der Waals surface area contributed by atoms with Crippen LogP contribution >= 0.6 is 0 Å². The lowest BCUT2D eigenvalue weighted by molar-refractivity contribution is -0.141. The molecule has 1 aliphatic rings. The summed E-state index contributed by atoms with van der Waals surface area (Å²) in [5.41, 5.74) is 1.73. The quantitative estimate of drug-likeness (QED) is 0.407. The summed E-state index contributed by atoms with van der Waals surface area (Å²) >= 11 is 0. The number of allylic oxidation sites excluding steroid dienone is 6. The molecule has 0 aromatic rings. The van der Waals surface area contributed by atoms with Crippen molar-refractivity contribution in [3.05, 3.63) is 48.1 Å². The molecule has 1 rings (SSSR count). The molecule has 0 bridgehead atoms. The smallest absolute Gasteiger partial charge is 0.172 e. The standard InChI is InChI=1S/C19H26O2/c1-7-14(4)9-8-12-19(16(6)20)17(13(2)3)11-10-15(5)18(19)21/h7,9-10,17H,1-2,8,11-12H2,3-6H3/b14-9+/t17-,19+/m1/s1. The van der Waals surface area contributed by atoms with Crippen molar-refractivity contribution in [1.82, 2.24) is 0 Å². The Morgan fingerprint density at radius 3 is 2.52 bits per heavy atom. The molecule has 2 nitrogen and oxygen atoms in total. The zero-order chi connectivity index (χ0) is 16.2. The van der Waals surface area contributed by atoms with Crippen molar-refractivity contribution in [2.45, 2.75) is 47.0 Å². The summed E-state index contributed by atoms with van der Waals surface area (Å²) < 4.78 is 0. The fraction of sp³-hybridized carbons (Fsp3) is 0.474. The molecule has 0 radical (unpaired) electrons. The molecule has 114 valence electrons. The second-order valence-electron chi connectivity index (χ2n) is 6.07. The highest BCUT2D eigenvalue weighted by molar-refractivity contribution is 6.14. The lowest BCUT2D eigenvalue weighted by atomic mass is 9.59. The van der Waals surface area contributed by atoms with E-state index in [-0.39, 0.29) is 17.5 Å². The lowest BCUT2D eigenvalue weighted by Gasteiger charge is -2.40. The van der Waals surface area contributed by atoms with E-state index in [1.807, 2.05) is 26.0 Å². The molecule has 0 aromatic heterocycles. The first kappa shape index (κ1) is 17.4. The Hall–Kier alpha value is -1.70. The second kappa shape index (κ2) is 6.84. The molecular weight excluding hydrogens is 260 g/mol. The minimum Gasteiger partial charge on any atom is -0.299 e. The number of carbonyl (C=O) groups is 2. The Bertz CT molecular complexity index is 534. The topological polar surface area (TPSA) is 34.1 Å². The Morgan fingerprint density at radius 2 is 2.05 bits per heavy atom. The first-order valence-corrected chi connectivity index (χ1v) is 7.44. The number of ketones is 2. The third-order valence-electron chi connectivity index (χ3n) is 4.57. The maximum Gasteiger partial charge on any atom is 0.172 e. The van der Waals surface area contributed by atoms with Crippen molar-refractivity contribution in [2.75, 3.05) is 0 Å². The number of carbonyl (C=O) groups excluding carboxylic acids is 2. The molecular formula is C19H26O2. The molecule has 0 saturated heterocycles. The van der Waals surface area contributed by atoms with Gasteiger partial charge in [0.15, 0.2) is 5.78 Å². The van der Waals surface area contributed by atoms with Crippen LogP contribution in [0.5, 0.6) is 0 Å². The van der Waals surface area contributed by atoms with Crippen molar-refractivity contribution in [2.24, 2.45) is 11.3 Å². The predicted octanol–water partition coefficient (Wildman–Crippen LogP) is 4.59. The van der Waals surface area contributed by atoms with E-state index in [1.165, 1.54) is 6.92 Å². The molecule has 0 aliphatic heterocycles. The summed E-state index contributed by atoms with van der Waals surface area (Å²) in [5.74, 6) is -0.167. The molecule has 0 heterocycles. The third kappa shape index (κ3) is 3.31. The van der Waals surface area contributed by atoms with Gasteiger partial charge in [-0.05, 0) is 52.5 Å². The molecule has 0 fully saturated rings. The molecule has 0 saturated carbocycles. The van der Waals surface area contributed by atoms with Gasteiger partial charge in [0.1, 0.15) is 5.78 Å². The summed E-state index contributed by atoms with van der Waals surface area (Å²) in [5, 5.41) is 0. The Labute approximate surface area is 128 Å². The van der Waals surface area contributed by atoms with Crippen LogP contribution in [0.3, 0.4) is 0 Å². The van der Waals surface area contributed by atoms with Crippen LogP contribution in [0.15, 0.2) is 48.1 Å². The fourth-order valence-corrected chi connectivity index (χ4v) is 3.20. The molecule has 0 amide bonds. The molecule has 2 heteroatoms. The van der Waals surface area contributed by atoms with Crippen molar-refractivity contribution < 1.29 is 9.59 Å². The van der Waals surface area contributed by atoms with Gasteiger partial charge in [0, 0.05) is 5.92 Å². The van der Waals surface area contributed by atoms with Gasteiger partial charge in [-0.1, -0.05) is 42.5 Å². The van der Waals surface area contributed by atoms with E-state index in [4.69, 9.17) is 0 Å². The minimum absolute atomic E-state index is 0.0288. The zero-order valence-corrected chi connectivity index (χ0v) is 13.7. The zero-order valence-electron chi connectivity index (χ0n) is 13.7. The minimum atomic E-state index is -0.942. The van der Waals surface area contributed by atoms with Gasteiger partial charge in [0.25, 0.3) is 0 Å². The van der Waals surface area contributed by atoms with E-state index in [2.05, 4.69) is 13.2 Å². The van der Waals surface area contributed by atoms with Crippen molar-refractivity contribution in [1.29, 1.82) is 0 Å². The van der Waals surface area contributed by atoms with Gasteiger partial charge in [-0.25, -0.2) is 0 Å². The van der Waals surface area contributed by atoms with Gasteiger partial charge in [-0.15, -0.1) is 0 Å². The van der Waals surface area contributed by atoms with Gasteiger partial charge in [-0.2, -0.15) is 0 Å². The molecule has 0 unspecified atom stereocenters. The third-order valence-corrected chi connectivity index (χ3v) is 4.57. The Kier molecular flexibility index (Phi) is 5.65. The van der Waals surface area contributed by atoms with Crippen LogP contribution in [-0.2, 0) is 9.59 Å². The van der Waals surface area contributed by atoms with E-state index >= 15 is 0 Å². The van der Waals surface area contributed by atoms with Gasteiger partial charge in [0.05, 0.1) is 5.41 Å². The number of Topliss-reactive ketones (excluding diaryl/α,β-unsaturated/α-hetero) is 2. The summed E-state index contributed by atoms with van der Waals surface area (Å²) in [6.45, 7) is 15.0. The van der Waals surface area contributed by atoms with Gasteiger partial charge < -0.3 is 0 Å². The highest BCUT2D eigenvalue weighted by atomic mass is 16.2. The molecule has 0 spiro atoms. The van der Waals surface area contributed by atoms with Crippen molar-refractivity contribution >= 4 is 11.6 Å². The Balaban J connectivity index is 3.23. The van der Waals surface area contributed by atoms with Gasteiger partial charge >= 0.3 is 0 Å². The van der Waals surface area contributed by atoms with Crippen LogP contribution in [-0.4, -0.2) is 11.6 Å². The number of hydrogen-bond donors (Lipinski definition) is 0. The van der Waals surface area contributed by atoms with E-state index in [9.17, 15) is 9.59 Å². The van der Waals surface area contributed by atoms with Gasteiger partial charge in [0.2, 0.25) is 0 Å². The number of rotatable bonds is 6. The predicted molar refractivity (Wildman–Crippen MR) is 88.0 cm³/mol. The summed E-state index contributed by atoms with van der Waals surface area (Å²) in [6, 6.07) is 0. The SMILES string of the molecule is C=C/C(C)=C/CC[C@@]1(C(C)=O)C(=O)C(C)=CC[C@@H]1C(=C)C. The monoisotopic (exact) mass is 286 g/mol. The van der Waals surface area contributed by atoms with Crippen LogP contribution < -0.4 is 0 Å². The van der Waals surface area contributed by atoms with Crippen LogP contribution in [0.4, 0.5) is 0 Å². The largest absolute Gasteiger partial charge is 0.299 e. The average Bonchev–Trinajstić information content (AvgIpc) is 2.42. The maximum absolute atomic E-state index is 12.8. The van der Waals surface area contributed by atoms with E-state index in [1.54, 1.807) is 13.0 Å². The highest BCUT2D eigenvalue weighted by Crippen LogP contribution is 2.46. The van der Waals surface area contributed by atoms with Crippen molar-refractivity contribution in [3.63, 3.8) is 0 Å². The average molecular weight is 286 g/mol. The molecule has 1 aliphatic carbocycles. The lowest BCUT2D eigenvalue weighted by Crippen LogP contribution is -2.47. The van der Waals surface area contributed by atoms with E-state index in [0.29, 0.717) is 18.4 Å². The Morgan fingerprint density at radius 1 is 1.43 bits per heavy atom. The second-order valence-corrected chi connectivity index (χ2v) is 6.07. The summed E-state index contributed by atoms with van der Waals surface area (Å²) in [7, 11) is 0. The molecule has 0 aromatic carbocycles. The summed E-state index contributed by atoms with van der Waals surface area (Å²) in [6.07, 6.45) is 7.71. The molecule has 2 atom stereocenters. The maximum atomic E-state index is 12.8. The molecule has 0 N–H and O–H groups in total. The summed E-state index contributed by atoms with van der Waals surface area (Å²) in [4.78, 5) is 25.2. The first-order valence-electron chi connectivity index (χ1n) is 7.44.